The zero-order valence-corrected chi connectivity index (χ0v) is 15.8. The van der Waals surface area contributed by atoms with Crippen molar-refractivity contribution in [2.45, 2.75) is 39.0 Å². The molecule has 0 saturated heterocycles. The lowest BCUT2D eigenvalue weighted by Crippen LogP contribution is -2.08. The first-order valence-electron chi connectivity index (χ1n) is 8.65. The van der Waals surface area contributed by atoms with Gasteiger partial charge in [0, 0.05) is 21.5 Å². The van der Waals surface area contributed by atoms with Gasteiger partial charge in [0.25, 0.3) is 0 Å². The highest BCUT2D eigenvalue weighted by Crippen LogP contribution is 2.45. The molecule has 0 saturated carbocycles. The van der Waals surface area contributed by atoms with E-state index in [-0.39, 0.29) is 5.97 Å². The third-order valence-electron chi connectivity index (χ3n) is 4.54. The molecule has 0 fully saturated rings. The number of hydrogen-bond donors (Lipinski definition) is 1. The summed E-state index contributed by atoms with van der Waals surface area (Å²) in [6, 6.07) is 4.18. The predicted molar refractivity (Wildman–Crippen MR) is 105 cm³/mol. The first-order chi connectivity index (χ1) is 12.2. The Balaban J connectivity index is 1.96. The van der Waals surface area contributed by atoms with Gasteiger partial charge in [-0.05, 0) is 49.1 Å². The number of esters is 1. The van der Waals surface area contributed by atoms with Gasteiger partial charge in [0.1, 0.15) is 9.71 Å². The summed E-state index contributed by atoms with van der Waals surface area (Å²) in [6.45, 7) is 2.39. The van der Waals surface area contributed by atoms with Crippen LogP contribution in [-0.2, 0) is 17.6 Å². The summed E-state index contributed by atoms with van der Waals surface area (Å²) in [5.41, 5.74) is 10.6. The molecule has 1 aliphatic carbocycles. The molecule has 3 aromatic heterocycles. The Labute approximate surface area is 154 Å². The number of carbonyl (C=O) groups is 1. The van der Waals surface area contributed by atoms with E-state index in [1.54, 1.807) is 11.3 Å². The van der Waals surface area contributed by atoms with Gasteiger partial charge in [0.15, 0.2) is 0 Å². The van der Waals surface area contributed by atoms with Gasteiger partial charge in [-0.25, -0.2) is 9.78 Å². The van der Waals surface area contributed by atoms with E-state index in [0.717, 1.165) is 35.2 Å². The van der Waals surface area contributed by atoms with Crippen LogP contribution >= 0.6 is 22.7 Å². The van der Waals surface area contributed by atoms with Crippen LogP contribution in [0.1, 0.15) is 47.1 Å². The second kappa shape index (κ2) is 6.77. The van der Waals surface area contributed by atoms with E-state index in [0.29, 0.717) is 17.2 Å². The number of ether oxygens (including phenoxy) is 1. The number of nitrogens with two attached hydrogens (primary N) is 1. The van der Waals surface area contributed by atoms with E-state index in [1.807, 2.05) is 6.92 Å². The molecule has 1 aliphatic rings. The molecule has 4 nitrogen and oxygen atoms in total. The van der Waals surface area contributed by atoms with E-state index in [2.05, 4.69) is 17.5 Å². The van der Waals surface area contributed by atoms with Crippen LogP contribution in [0.5, 0.6) is 0 Å². The molecule has 130 valence electrons. The Kier molecular flexibility index (Phi) is 4.48. The Hall–Kier alpha value is -1.92. The minimum Gasteiger partial charge on any atom is -0.461 e. The van der Waals surface area contributed by atoms with Gasteiger partial charge in [-0.3, -0.25) is 0 Å². The van der Waals surface area contributed by atoms with Gasteiger partial charge in [-0.1, -0.05) is 13.0 Å². The molecule has 0 radical (unpaired) electrons. The molecule has 0 unspecified atom stereocenters. The van der Waals surface area contributed by atoms with Crippen LogP contribution in [0.3, 0.4) is 0 Å². The summed E-state index contributed by atoms with van der Waals surface area (Å²) >= 11 is 3.07. The topological polar surface area (TPSA) is 65.2 Å². The van der Waals surface area contributed by atoms with Crippen molar-refractivity contribution >= 4 is 44.5 Å². The van der Waals surface area contributed by atoms with Crippen molar-refractivity contribution < 1.29 is 9.53 Å². The van der Waals surface area contributed by atoms with Crippen molar-refractivity contribution in [1.29, 1.82) is 0 Å². The van der Waals surface area contributed by atoms with E-state index in [4.69, 9.17) is 15.5 Å². The number of anilines is 1. The quantitative estimate of drug-likeness (QED) is 0.651. The molecule has 0 aliphatic heterocycles. The fourth-order valence-corrected chi connectivity index (χ4v) is 5.23. The maximum atomic E-state index is 12.4. The number of aromatic nitrogens is 1. The second-order valence-corrected chi connectivity index (χ2v) is 8.20. The van der Waals surface area contributed by atoms with Gasteiger partial charge in [-0.15, -0.1) is 22.7 Å². The van der Waals surface area contributed by atoms with Gasteiger partial charge < -0.3 is 10.5 Å². The summed E-state index contributed by atoms with van der Waals surface area (Å²) in [4.78, 5) is 19.8. The lowest BCUT2D eigenvalue weighted by molar-refractivity contribution is 0.0512. The number of nitrogens with zero attached hydrogens (tertiary/aromatic N) is 1. The third kappa shape index (κ3) is 2.83. The zero-order chi connectivity index (χ0) is 17.4. The zero-order valence-electron chi connectivity index (χ0n) is 14.1. The highest BCUT2D eigenvalue weighted by atomic mass is 32.1. The van der Waals surface area contributed by atoms with Gasteiger partial charge in [0.2, 0.25) is 0 Å². The standard InChI is InChI=1S/C19H20N2O2S2/c1-2-9-23-19(22)17-16(20)15-14(13-8-5-10-24-13)11-6-3-4-7-12(11)21-18(15)25-17/h5,8,10H,2-4,6-7,9,20H2,1H3. The molecule has 0 spiro atoms. The van der Waals surface area contributed by atoms with E-state index >= 15 is 0 Å². The van der Waals surface area contributed by atoms with Crippen LogP contribution in [0.4, 0.5) is 5.69 Å². The Morgan fingerprint density at radius 3 is 2.96 bits per heavy atom. The third-order valence-corrected chi connectivity index (χ3v) is 6.51. The van der Waals surface area contributed by atoms with Gasteiger partial charge in [0.05, 0.1) is 12.3 Å². The molecule has 3 heterocycles. The van der Waals surface area contributed by atoms with Crippen molar-refractivity contribution in [1.82, 2.24) is 4.98 Å². The van der Waals surface area contributed by atoms with Crippen LogP contribution in [0.25, 0.3) is 20.7 Å². The number of nitrogen functional groups attached to an aromatic ring is 1. The smallest absolute Gasteiger partial charge is 0.350 e. The molecule has 0 bridgehead atoms. The lowest BCUT2D eigenvalue weighted by Gasteiger charge is -2.19. The highest BCUT2D eigenvalue weighted by molar-refractivity contribution is 7.21. The second-order valence-electron chi connectivity index (χ2n) is 6.26. The normalized spacial score (nSPS) is 13.8. The van der Waals surface area contributed by atoms with Crippen LogP contribution in [0, 0.1) is 0 Å². The summed E-state index contributed by atoms with van der Waals surface area (Å²) in [6.07, 6.45) is 5.16. The van der Waals surface area contributed by atoms with E-state index in [1.165, 1.54) is 40.2 Å². The van der Waals surface area contributed by atoms with Crippen LogP contribution < -0.4 is 5.73 Å². The number of thiophene rings is 2. The molecule has 2 N–H and O–H groups in total. The molecule has 25 heavy (non-hydrogen) atoms. The number of carbonyl (C=O) groups excluding carboxylic acids is 1. The SMILES string of the molecule is CCCOC(=O)c1sc2nc3c(c(-c4cccs4)c2c1N)CCCC3. The molecule has 4 rings (SSSR count). The Bertz CT molecular complexity index is 929. The van der Waals surface area contributed by atoms with Crippen molar-refractivity contribution in [2.75, 3.05) is 12.3 Å². The van der Waals surface area contributed by atoms with Gasteiger partial charge in [-0.2, -0.15) is 0 Å². The lowest BCUT2D eigenvalue weighted by atomic mass is 9.90. The van der Waals surface area contributed by atoms with E-state index < -0.39 is 0 Å². The largest absolute Gasteiger partial charge is 0.461 e. The van der Waals surface area contributed by atoms with Crippen molar-refractivity contribution in [3.8, 4) is 10.4 Å². The average Bonchev–Trinajstić information content (AvgIpc) is 3.26. The summed E-state index contributed by atoms with van der Waals surface area (Å²) in [5, 5.41) is 3.01. The number of hydrogen-bond acceptors (Lipinski definition) is 6. The molecule has 0 amide bonds. The molecule has 3 aromatic rings. The summed E-state index contributed by atoms with van der Waals surface area (Å²) < 4.78 is 5.31. The fraction of sp³-hybridized carbons (Fsp3) is 0.368. The first kappa shape index (κ1) is 16.5. The maximum Gasteiger partial charge on any atom is 0.350 e. The molecule has 6 heteroatoms. The van der Waals surface area contributed by atoms with Crippen molar-refractivity contribution in [3.63, 3.8) is 0 Å². The van der Waals surface area contributed by atoms with Gasteiger partial charge >= 0.3 is 5.97 Å². The molecule has 0 aromatic carbocycles. The highest BCUT2D eigenvalue weighted by Gasteiger charge is 2.26. The summed E-state index contributed by atoms with van der Waals surface area (Å²) in [7, 11) is 0. The van der Waals surface area contributed by atoms with Crippen LogP contribution in [0.2, 0.25) is 0 Å². The molecule has 0 atom stereocenters. The predicted octanol–water partition coefficient (Wildman–Crippen LogP) is 5.05. The first-order valence-corrected chi connectivity index (χ1v) is 10.3. The Morgan fingerprint density at radius 1 is 1.36 bits per heavy atom. The van der Waals surface area contributed by atoms with Crippen LogP contribution in [-0.4, -0.2) is 17.6 Å². The average molecular weight is 373 g/mol. The maximum absolute atomic E-state index is 12.4. The van der Waals surface area contributed by atoms with Crippen molar-refractivity contribution in [3.05, 3.63) is 33.6 Å². The number of pyridine rings is 1. The number of rotatable bonds is 4. The Morgan fingerprint density at radius 2 is 2.20 bits per heavy atom. The monoisotopic (exact) mass is 372 g/mol. The fourth-order valence-electron chi connectivity index (χ4n) is 3.41. The molecular formula is C19H20N2O2S2. The van der Waals surface area contributed by atoms with E-state index in [9.17, 15) is 4.79 Å². The summed E-state index contributed by atoms with van der Waals surface area (Å²) in [5.74, 6) is -0.336. The number of aryl methyl sites for hydroxylation is 1. The minimum absolute atomic E-state index is 0.336. The van der Waals surface area contributed by atoms with Crippen LogP contribution in [0.15, 0.2) is 17.5 Å². The molecular weight excluding hydrogens is 352 g/mol. The van der Waals surface area contributed by atoms with Crippen molar-refractivity contribution in [2.24, 2.45) is 0 Å². The number of fused-ring (bicyclic) bond motifs is 2. The minimum atomic E-state index is -0.336.